The zero-order valence-corrected chi connectivity index (χ0v) is 8.25. The Morgan fingerprint density at radius 1 is 1.33 bits per heavy atom. The lowest BCUT2D eigenvalue weighted by molar-refractivity contribution is -0.115. The number of carbonyl (C=O) groups excluding carboxylic acids is 2. The molecular weight excluding hydrogens is 158 g/mol. The van der Waals surface area contributed by atoms with E-state index in [9.17, 15) is 9.59 Å². The molecule has 0 spiro atoms. The van der Waals surface area contributed by atoms with Gasteiger partial charge in [-0.15, -0.1) is 0 Å². The fourth-order valence-electron chi connectivity index (χ4n) is 0.125. The van der Waals surface area contributed by atoms with Gasteiger partial charge in [-0.05, 0) is 20.8 Å². The average molecular weight is 174 g/mol. The van der Waals surface area contributed by atoms with Crippen molar-refractivity contribution in [1.29, 1.82) is 0 Å². The second-order valence-corrected chi connectivity index (χ2v) is 3.37. The van der Waals surface area contributed by atoms with Crippen LogP contribution in [0.2, 0.25) is 0 Å². The number of rotatable bonds is 2. The van der Waals surface area contributed by atoms with E-state index in [1.165, 1.54) is 11.4 Å². The second-order valence-electron chi connectivity index (χ2n) is 3.37. The first-order valence-corrected chi connectivity index (χ1v) is 3.50. The van der Waals surface area contributed by atoms with Gasteiger partial charge in [0.2, 0.25) is 6.41 Å². The molecule has 0 fully saturated rings. The third-order valence-corrected chi connectivity index (χ3v) is 0.559. The number of hydrogen-bond donors (Lipinski definition) is 0. The van der Waals surface area contributed by atoms with Gasteiger partial charge in [-0.1, -0.05) is 0 Å². The lowest BCUT2D eigenvalue weighted by atomic mass is 10.2. The molecule has 0 N–H and O–H groups in total. The van der Waals surface area contributed by atoms with E-state index in [1.807, 2.05) is 0 Å². The summed E-state index contributed by atoms with van der Waals surface area (Å²) in [6.07, 6.45) is 0.750. The van der Waals surface area contributed by atoms with E-state index in [-0.39, 0.29) is 5.60 Å². The van der Waals surface area contributed by atoms with Crippen molar-refractivity contribution in [3.63, 3.8) is 0 Å². The number of amides is 1. The molecule has 12 heavy (non-hydrogen) atoms. The summed E-state index contributed by atoms with van der Waals surface area (Å²) >= 11 is 0. The smallest absolute Gasteiger partial charge is 0.418 e. The summed E-state index contributed by atoms with van der Waals surface area (Å²) in [7, 11) is 3.38. The maximum atomic E-state index is 9.47. The molecule has 71 valence electrons. The standard InChI is InChI=1S/C5H9O2.C3H7NO/c1-5(2,3)7-4-6;1-4(2)3-5/h1-3H3;3H,1-2H3. The highest BCUT2D eigenvalue weighted by Gasteiger charge is 2.08. The van der Waals surface area contributed by atoms with Crippen molar-refractivity contribution in [2.75, 3.05) is 14.1 Å². The molecule has 0 aromatic heterocycles. The molecule has 0 atom stereocenters. The van der Waals surface area contributed by atoms with Gasteiger partial charge in [-0.2, -0.15) is 0 Å². The molecule has 0 aliphatic heterocycles. The lowest BCUT2D eigenvalue weighted by Gasteiger charge is -2.13. The van der Waals surface area contributed by atoms with Gasteiger partial charge in [0.1, 0.15) is 5.60 Å². The molecular formula is C8H16NO3. The summed E-state index contributed by atoms with van der Waals surface area (Å²) in [6.45, 7) is 6.73. The van der Waals surface area contributed by atoms with Gasteiger partial charge in [-0.3, -0.25) is 4.79 Å². The van der Waals surface area contributed by atoms with Crippen molar-refractivity contribution in [1.82, 2.24) is 4.90 Å². The minimum atomic E-state index is -0.373. The Hall–Kier alpha value is -1.06. The average Bonchev–Trinajstić information content (AvgIpc) is 1.86. The molecule has 0 saturated heterocycles. The Morgan fingerprint density at radius 3 is 1.67 bits per heavy atom. The third-order valence-electron chi connectivity index (χ3n) is 0.559. The summed E-state index contributed by atoms with van der Waals surface area (Å²) in [4.78, 5) is 20.3. The number of ether oxygens (including phenoxy) is 1. The van der Waals surface area contributed by atoms with Crippen LogP contribution in [-0.4, -0.2) is 37.5 Å². The van der Waals surface area contributed by atoms with E-state index in [2.05, 4.69) is 4.74 Å². The first-order valence-electron chi connectivity index (χ1n) is 3.50. The van der Waals surface area contributed by atoms with E-state index in [0.717, 1.165) is 6.41 Å². The minimum absolute atomic E-state index is 0.373. The van der Waals surface area contributed by atoms with Crippen molar-refractivity contribution in [2.45, 2.75) is 26.4 Å². The van der Waals surface area contributed by atoms with Gasteiger partial charge >= 0.3 is 6.47 Å². The normalized spacial score (nSPS) is 9.08. The lowest BCUT2D eigenvalue weighted by Crippen LogP contribution is -2.17. The summed E-state index contributed by atoms with van der Waals surface area (Å²) in [5.41, 5.74) is -0.373. The van der Waals surface area contributed by atoms with Crippen LogP contribution >= 0.6 is 0 Å². The quantitative estimate of drug-likeness (QED) is 0.575. The molecule has 4 heteroatoms. The minimum Gasteiger partial charge on any atom is -0.452 e. The van der Waals surface area contributed by atoms with Crippen molar-refractivity contribution >= 4 is 12.9 Å². The zero-order chi connectivity index (χ0) is 10.2. The van der Waals surface area contributed by atoms with Crippen LogP contribution in [0.5, 0.6) is 0 Å². The van der Waals surface area contributed by atoms with Crippen molar-refractivity contribution in [2.24, 2.45) is 0 Å². The van der Waals surface area contributed by atoms with Crippen LogP contribution in [0, 0.1) is 0 Å². The molecule has 4 nitrogen and oxygen atoms in total. The molecule has 0 unspecified atom stereocenters. The molecule has 0 aromatic rings. The van der Waals surface area contributed by atoms with E-state index in [0.29, 0.717) is 0 Å². The second kappa shape index (κ2) is 6.64. The Morgan fingerprint density at radius 2 is 1.67 bits per heavy atom. The Bertz CT molecular complexity index is 127. The maximum Gasteiger partial charge on any atom is 0.418 e. The molecule has 0 aromatic carbocycles. The van der Waals surface area contributed by atoms with Gasteiger partial charge in [0.25, 0.3) is 0 Å². The monoisotopic (exact) mass is 174 g/mol. The maximum absolute atomic E-state index is 9.47. The Labute approximate surface area is 73.5 Å². The Kier molecular flexibility index (Phi) is 7.48. The van der Waals surface area contributed by atoms with Crippen LogP contribution in [0.25, 0.3) is 0 Å². The largest absolute Gasteiger partial charge is 0.452 e. The summed E-state index contributed by atoms with van der Waals surface area (Å²) < 4.78 is 4.42. The molecule has 0 bridgehead atoms. The van der Waals surface area contributed by atoms with Gasteiger partial charge in [0.15, 0.2) is 0 Å². The highest BCUT2D eigenvalue weighted by molar-refractivity contribution is 5.45. The summed E-state index contributed by atoms with van der Waals surface area (Å²) in [6, 6.07) is 0. The van der Waals surface area contributed by atoms with Crippen molar-refractivity contribution < 1.29 is 14.3 Å². The van der Waals surface area contributed by atoms with Crippen LogP contribution in [0.15, 0.2) is 0 Å². The van der Waals surface area contributed by atoms with Crippen LogP contribution in [-0.2, 0) is 14.3 Å². The first kappa shape index (κ1) is 13.5. The summed E-state index contributed by atoms with van der Waals surface area (Å²) in [5.74, 6) is 0. The third kappa shape index (κ3) is 23.1. The molecule has 0 aliphatic carbocycles. The predicted octanol–water partition coefficient (Wildman–Crippen LogP) is 0.573. The molecule has 1 radical (unpaired) electrons. The molecule has 0 rings (SSSR count). The zero-order valence-electron chi connectivity index (χ0n) is 8.25. The van der Waals surface area contributed by atoms with Gasteiger partial charge in [0.05, 0.1) is 0 Å². The molecule has 0 heterocycles. The van der Waals surface area contributed by atoms with E-state index >= 15 is 0 Å². The Balaban J connectivity index is 0. The highest BCUT2D eigenvalue weighted by atomic mass is 16.5. The molecule has 0 saturated carbocycles. The van der Waals surface area contributed by atoms with Crippen LogP contribution in [0.1, 0.15) is 20.8 Å². The first-order chi connectivity index (χ1) is 5.33. The number of carbonyl (C=O) groups is 1. The predicted molar refractivity (Wildman–Crippen MR) is 46.3 cm³/mol. The van der Waals surface area contributed by atoms with Crippen LogP contribution in [0.3, 0.4) is 0 Å². The van der Waals surface area contributed by atoms with Crippen LogP contribution < -0.4 is 0 Å². The van der Waals surface area contributed by atoms with Crippen molar-refractivity contribution in [3.8, 4) is 0 Å². The van der Waals surface area contributed by atoms with Gasteiger partial charge < -0.3 is 9.64 Å². The highest BCUT2D eigenvalue weighted by Crippen LogP contribution is 2.02. The number of hydrogen-bond acceptors (Lipinski definition) is 3. The topological polar surface area (TPSA) is 46.6 Å². The fraction of sp³-hybridized carbons (Fsp3) is 0.750. The molecule has 0 aliphatic rings. The van der Waals surface area contributed by atoms with Gasteiger partial charge in [0, 0.05) is 14.1 Å². The molecule has 1 amide bonds. The number of nitrogens with zero attached hydrogens (tertiary/aromatic N) is 1. The van der Waals surface area contributed by atoms with Crippen LogP contribution in [0.4, 0.5) is 0 Å². The van der Waals surface area contributed by atoms with Crippen molar-refractivity contribution in [3.05, 3.63) is 0 Å². The van der Waals surface area contributed by atoms with E-state index in [4.69, 9.17) is 0 Å². The SMILES string of the molecule is CC(C)(C)O[C]=O.CN(C)C=O. The van der Waals surface area contributed by atoms with E-state index < -0.39 is 0 Å². The fourth-order valence-corrected chi connectivity index (χ4v) is 0.125. The van der Waals surface area contributed by atoms with E-state index in [1.54, 1.807) is 34.9 Å². The summed E-state index contributed by atoms with van der Waals surface area (Å²) in [5, 5.41) is 0. The van der Waals surface area contributed by atoms with Gasteiger partial charge in [-0.25, -0.2) is 4.79 Å².